The molecule has 2 aliphatic rings. The molecule has 0 spiro atoms. The largest absolute Gasteiger partial charge is 0.467 e. The van der Waals surface area contributed by atoms with Gasteiger partial charge >= 0.3 is 11.9 Å². The normalized spacial score (nSPS) is 17.5. The molecule has 3 aromatic rings. The molecule has 5 rings (SSSR count). The van der Waals surface area contributed by atoms with Crippen molar-refractivity contribution >= 4 is 72.0 Å². The van der Waals surface area contributed by atoms with E-state index in [9.17, 15) is 43.5 Å². The minimum Gasteiger partial charge on any atom is -0.467 e. The number of aliphatic hydroxyl groups excluding tert-OH is 1. The Kier molecular flexibility index (Phi) is 24.2. The molecular formula is C58H83N9O12Si. The summed E-state index contributed by atoms with van der Waals surface area (Å²) in [7, 11) is -1.59. The number of amides is 6. The molecule has 6 amide bonds. The zero-order chi connectivity index (χ0) is 58.6. The number of carbonyl (C=O) groups excluding carboxylic acids is 8. The molecular weight excluding hydrogens is 1040 g/mol. The SMILES string of the molecule is COC(=O)[C@H](Cc1ccccc1)NC(=O)[C@H](CC(N)=O)NC(=O)[C@H](CC(C)C)NC(=O)[C@@H](NC(=O)[C@H](C)NC(=O)CCCCC(=O)OCC1CCN2CCC(CO[Si](c3ccccc3)(c3ccccc3)C(C)(C)C)N=C2N1)[C@@H](C)O. The van der Waals surface area contributed by atoms with Crippen LogP contribution in [-0.2, 0) is 58.7 Å². The highest BCUT2D eigenvalue weighted by Gasteiger charge is 2.50. The second kappa shape index (κ2) is 30.4. The molecule has 22 heteroatoms. The zero-order valence-electron chi connectivity index (χ0n) is 47.5. The Balaban J connectivity index is 1.06. The molecule has 2 aliphatic heterocycles. The number of nitrogens with one attached hydrogen (secondary N) is 6. The van der Waals surface area contributed by atoms with Gasteiger partial charge in [-0.2, -0.15) is 0 Å². The Bertz CT molecular complexity index is 2550. The van der Waals surface area contributed by atoms with Gasteiger partial charge in [-0.1, -0.05) is 126 Å². The van der Waals surface area contributed by atoms with Gasteiger partial charge in [0.1, 0.15) is 36.8 Å². The van der Waals surface area contributed by atoms with Gasteiger partial charge in [-0.05, 0) is 72.8 Å². The van der Waals surface area contributed by atoms with Crippen molar-refractivity contribution in [1.29, 1.82) is 0 Å². The van der Waals surface area contributed by atoms with Gasteiger partial charge in [0, 0.05) is 32.4 Å². The van der Waals surface area contributed by atoms with Crippen LogP contribution in [0.4, 0.5) is 0 Å². The number of carbonyl (C=O) groups is 8. The van der Waals surface area contributed by atoms with Crippen molar-refractivity contribution in [3.63, 3.8) is 0 Å². The Morgan fingerprint density at radius 3 is 1.86 bits per heavy atom. The molecule has 8 atom stereocenters. The van der Waals surface area contributed by atoms with Crippen LogP contribution in [0, 0.1) is 5.92 Å². The number of hydrogen-bond donors (Lipinski definition) is 8. The third kappa shape index (κ3) is 18.7. The average Bonchev–Trinajstić information content (AvgIpc) is 3.54. The Morgan fingerprint density at radius 1 is 0.725 bits per heavy atom. The van der Waals surface area contributed by atoms with E-state index in [1.165, 1.54) is 24.2 Å². The lowest BCUT2D eigenvalue weighted by Crippen LogP contribution is -2.67. The first-order valence-corrected chi connectivity index (χ1v) is 29.5. The number of hydrogen-bond acceptors (Lipinski definition) is 15. The molecule has 0 aromatic heterocycles. The fourth-order valence-electron chi connectivity index (χ4n) is 9.86. The number of fused-ring (bicyclic) bond motifs is 1. The molecule has 436 valence electrons. The van der Waals surface area contributed by atoms with E-state index < -0.39 is 98.4 Å². The van der Waals surface area contributed by atoms with Gasteiger partial charge in [0.05, 0.1) is 38.3 Å². The first kappa shape index (κ1) is 63.7. The lowest BCUT2D eigenvalue weighted by atomic mass is 10.0. The predicted octanol–water partition coefficient (Wildman–Crippen LogP) is 1.62. The minimum atomic E-state index is -2.74. The van der Waals surface area contributed by atoms with Crippen LogP contribution in [0.15, 0.2) is 96.0 Å². The first-order chi connectivity index (χ1) is 38.0. The van der Waals surface area contributed by atoms with Crippen molar-refractivity contribution in [3.05, 3.63) is 96.6 Å². The molecule has 3 aromatic carbocycles. The highest BCUT2D eigenvalue weighted by Crippen LogP contribution is 2.37. The monoisotopic (exact) mass is 1130 g/mol. The van der Waals surface area contributed by atoms with Crippen molar-refractivity contribution in [1.82, 2.24) is 36.8 Å². The number of ether oxygens (including phenoxy) is 2. The molecule has 2 unspecified atom stereocenters. The van der Waals surface area contributed by atoms with Crippen LogP contribution >= 0.6 is 0 Å². The Morgan fingerprint density at radius 2 is 1.29 bits per heavy atom. The van der Waals surface area contributed by atoms with Crippen molar-refractivity contribution in [2.45, 2.75) is 160 Å². The van der Waals surface area contributed by atoms with Gasteiger partial charge in [0.15, 0.2) is 5.96 Å². The highest BCUT2D eigenvalue weighted by atomic mass is 28.4. The molecule has 9 N–H and O–H groups in total. The molecule has 1 saturated heterocycles. The summed E-state index contributed by atoms with van der Waals surface area (Å²) < 4.78 is 17.7. The van der Waals surface area contributed by atoms with E-state index in [4.69, 9.17) is 24.6 Å². The maximum atomic E-state index is 13.8. The van der Waals surface area contributed by atoms with E-state index >= 15 is 0 Å². The van der Waals surface area contributed by atoms with Crippen LogP contribution in [0.5, 0.6) is 0 Å². The van der Waals surface area contributed by atoms with Crippen molar-refractivity contribution in [3.8, 4) is 0 Å². The third-order valence-corrected chi connectivity index (χ3v) is 19.1. The maximum absolute atomic E-state index is 13.8. The standard InChI is InChI=1S/C58H83N9O12Si/c1-37(2)32-45(53(73)63-46(34-48(59)69)54(74)65-47(56(76)77-8)33-40-20-12-9-13-21-40)64-55(75)51(39(4)68)66-52(72)38(3)60-49(70)26-18-19-27-50(71)78-35-41-28-30-67-31-29-42(62-57(67)61-41)36-79-80(58(5,6)7,43-22-14-10-15-23-43)44-24-16-11-17-25-44/h9-17,20-25,37-39,41-42,45-47,51,68H,18-19,26-36H2,1-8H3,(H2,59,69)(H,60,70)(H,61,62)(H,63,73)(H,64,75)(H,65,74)(H,66,72)/t38-,39+,41?,42?,45-,46-,47-,51-/m0/s1. The highest BCUT2D eigenvalue weighted by molar-refractivity contribution is 6.99. The number of primary amides is 1. The summed E-state index contributed by atoms with van der Waals surface area (Å²) >= 11 is 0. The summed E-state index contributed by atoms with van der Waals surface area (Å²) in [6.07, 6.45) is 0.304. The number of methoxy groups -OCH3 is 1. The van der Waals surface area contributed by atoms with Gasteiger partial charge in [-0.3, -0.25) is 33.6 Å². The van der Waals surface area contributed by atoms with Gasteiger partial charge in [-0.15, -0.1) is 0 Å². The average molecular weight is 1130 g/mol. The number of unbranched alkanes of at least 4 members (excludes halogenated alkanes) is 1. The molecule has 0 radical (unpaired) electrons. The van der Waals surface area contributed by atoms with E-state index in [-0.39, 0.29) is 55.3 Å². The number of nitrogens with two attached hydrogens (primary N) is 1. The van der Waals surface area contributed by atoms with E-state index in [1.807, 2.05) is 12.1 Å². The quantitative estimate of drug-likeness (QED) is 0.0279. The topological polar surface area (TPSA) is 298 Å². The fraction of sp³-hybridized carbons (Fsp3) is 0.534. The first-order valence-electron chi connectivity index (χ1n) is 27.6. The molecule has 21 nitrogen and oxygen atoms in total. The van der Waals surface area contributed by atoms with Crippen LogP contribution in [0.2, 0.25) is 5.04 Å². The molecule has 0 aliphatic carbocycles. The molecule has 2 heterocycles. The summed E-state index contributed by atoms with van der Waals surface area (Å²) in [4.78, 5) is 112. The van der Waals surface area contributed by atoms with E-state index in [0.29, 0.717) is 25.0 Å². The lowest BCUT2D eigenvalue weighted by Gasteiger charge is -2.44. The van der Waals surface area contributed by atoms with Crippen LogP contribution < -0.4 is 48.0 Å². The summed E-state index contributed by atoms with van der Waals surface area (Å²) in [6, 6.07) is 22.8. The molecule has 0 bridgehead atoms. The predicted molar refractivity (Wildman–Crippen MR) is 304 cm³/mol. The van der Waals surface area contributed by atoms with Crippen LogP contribution in [0.25, 0.3) is 0 Å². The number of esters is 2. The summed E-state index contributed by atoms with van der Waals surface area (Å²) in [5.74, 6) is -5.58. The van der Waals surface area contributed by atoms with Gasteiger partial charge in [0.2, 0.25) is 35.4 Å². The van der Waals surface area contributed by atoms with Gasteiger partial charge in [0.25, 0.3) is 8.32 Å². The third-order valence-electron chi connectivity index (χ3n) is 14.1. The van der Waals surface area contributed by atoms with E-state index in [1.54, 1.807) is 44.2 Å². The lowest BCUT2D eigenvalue weighted by molar-refractivity contribution is -0.145. The van der Waals surface area contributed by atoms with E-state index in [0.717, 1.165) is 39.0 Å². The summed E-state index contributed by atoms with van der Waals surface area (Å²) in [5.41, 5.74) is 6.13. The number of aliphatic hydroxyl groups is 1. The number of rotatable bonds is 29. The number of nitrogens with zero attached hydrogens (tertiary/aromatic N) is 2. The Hall–Kier alpha value is -7.17. The van der Waals surface area contributed by atoms with Crippen LogP contribution in [0.1, 0.15) is 105 Å². The van der Waals surface area contributed by atoms with Crippen LogP contribution in [0.3, 0.4) is 0 Å². The summed E-state index contributed by atoms with van der Waals surface area (Å²) in [6.45, 7) is 15.2. The molecule has 0 saturated carbocycles. The Labute approximate surface area is 470 Å². The fourth-order valence-corrected chi connectivity index (χ4v) is 14.5. The van der Waals surface area contributed by atoms with Crippen molar-refractivity contribution in [2.24, 2.45) is 16.6 Å². The summed E-state index contributed by atoms with van der Waals surface area (Å²) in [5, 5.41) is 28.9. The zero-order valence-corrected chi connectivity index (χ0v) is 48.5. The second-order valence-electron chi connectivity index (χ2n) is 22.1. The number of guanidine groups is 1. The van der Waals surface area contributed by atoms with Crippen molar-refractivity contribution < 1.29 is 57.4 Å². The second-order valence-corrected chi connectivity index (χ2v) is 26.4. The van der Waals surface area contributed by atoms with Gasteiger partial charge < -0.3 is 61.5 Å². The smallest absolute Gasteiger partial charge is 0.328 e. The van der Waals surface area contributed by atoms with E-state index in [2.05, 4.69) is 106 Å². The molecule has 1 fully saturated rings. The number of benzene rings is 3. The van der Waals surface area contributed by atoms with Crippen LogP contribution in [-0.4, -0.2) is 153 Å². The maximum Gasteiger partial charge on any atom is 0.328 e. The molecule has 80 heavy (non-hydrogen) atoms. The van der Waals surface area contributed by atoms with Crippen molar-refractivity contribution in [2.75, 3.05) is 33.4 Å². The van der Waals surface area contributed by atoms with Gasteiger partial charge in [-0.25, -0.2) is 9.79 Å². The number of aliphatic imine (C=N–C) groups is 1. The minimum absolute atomic E-state index is 0.0108.